The Kier molecular flexibility index (Phi) is 11.2. The van der Waals surface area contributed by atoms with Crippen LogP contribution in [-0.2, 0) is 4.74 Å². The van der Waals surface area contributed by atoms with E-state index in [1.807, 2.05) is 6.92 Å². The molecule has 0 aliphatic rings. The van der Waals surface area contributed by atoms with E-state index in [9.17, 15) is 0 Å². The van der Waals surface area contributed by atoms with Gasteiger partial charge in [-0.1, -0.05) is 22.6 Å². The molecule has 0 spiro atoms. The van der Waals surface area contributed by atoms with Gasteiger partial charge in [-0.3, -0.25) is 0 Å². The third-order valence-electron chi connectivity index (χ3n) is 0.325. The van der Waals surface area contributed by atoms with Crippen molar-refractivity contribution in [2.45, 2.75) is 11.0 Å². The second kappa shape index (κ2) is 6.46. The van der Waals surface area contributed by atoms with Gasteiger partial charge in [0.2, 0.25) is 0 Å². The number of halogens is 1. The summed E-state index contributed by atoms with van der Waals surface area (Å²) < 4.78 is 5.09. The largest absolute Gasteiger partial charge is 2.00 e. The second-order valence-corrected chi connectivity index (χ2v) is 2.53. The Morgan fingerprint density at radius 3 is 2.00 bits per heavy atom. The second-order valence-electron chi connectivity index (χ2n) is 0.779. The topological polar surface area (TPSA) is 9.23 Å². The summed E-state index contributed by atoms with van der Waals surface area (Å²) in [6.45, 7) is 1.99. The summed E-state index contributed by atoms with van der Waals surface area (Å²) in [6.07, 6.45) is 0. The molecule has 0 radical (unpaired) electrons. The first-order valence-corrected chi connectivity index (χ1v) is 2.69. The maximum absolute atomic E-state index is 4.74. The molecule has 0 amide bonds. The van der Waals surface area contributed by atoms with E-state index in [-0.39, 0.29) is 25.9 Å². The van der Waals surface area contributed by atoms with Gasteiger partial charge in [0.25, 0.3) is 0 Å². The smallest absolute Gasteiger partial charge is 1.00 e. The zero-order chi connectivity index (χ0) is 4.28. The molecule has 0 saturated carbocycles. The number of alkyl halides is 1. The van der Waals surface area contributed by atoms with Gasteiger partial charge in [0, 0.05) is 7.11 Å². The Labute approximate surface area is 71.1 Å². The summed E-state index contributed by atoms with van der Waals surface area (Å²) in [4.78, 5) is 0. The number of hydrogen-bond acceptors (Lipinski definition) is 1. The SMILES string of the molecule is COC(C)I.[H-].[H-].[Mg+2]. The third kappa shape index (κ3) is 9.07. The van der Waals surface area contributed by atoms with E-state index in [2.05, 4.69) is 22.6 Å². The maximum atomic E-state index is 4.74. The molecule has 1 nitrogen and oxygen atoms in total. The summed E-state index contributed by atoms with van der Waals surface area (Å²) >= 11 is 2.18. The molecule has 0 aliphatic heterocycles. The van der Waals surface area contributed by atoms with Gasteiger partial charge in [0.15, 0.2) is 0 Å². The fourth-order valence-electron chi connectivity index (χ4n) is 0. The van der Waals surface area contributed by atoms with E-state index in [0.717, 1.165) is 0 Å². The van der Waals surface area contributed by atoms with Crippen LogP contribution in [0.2, 0.25) is 0 Å². The van der Waals surface area contributed by atoms with Crippen molar-refractivity contribution >= 4 is 45.6 Å². The minimum absolute atomic E-state index is 0. The van der Waals surface area contributed by atoms with Gasteiger partial charge in [-0.15, -0.1) is 0 Å². The molecule has 1 unspecified atom stereocenters. The predicted octanol–water partition coefficient (Wildman–Crippen LogP) is 1.26. The molecule has 0 saturated heterocycles. The molecule has 0 rings (SSSR count). The molecule has 1 atom stereocenters. The molecule has 0 aromatic rings. The first kappa shape index (κ1) is 10.4. The number of rotatable bonds is 1. The normalized spacial score (nSPS) is 12.5. The van der Waals surface area contributed by atoms with Crippen molar-refractivity contribution in [1.29, 1.82) is 0 Å². The number of ether oxygens (including phenoxy) is 1. The molecular weight excluding hydrogens is 203 g/mol. The molecule has 36 valence electrons. The van der Waals surface area contributed by atoms with Gasteiger partial charge in [-0.05, 0) is 6.92 Å². The molecule has 3 heteroatoms. The molecular formula is C3H9IMgO. The average Bonchev–Trinajstić information content (AvgIpc) is 1.38. The Bertz CT molecular complexity index is 31.2. The average molecular weight is 212 g/mol. The Balaban J connectivity index is -0.0000000267. The molecule has 0 fully saturated rings. The minimum atomic E-state index is 0. The van der Waals surface area contributed by atoms with E-state index >= 15 is 0 Å². The van der Waals surface area contributed by atoms with Crippen LogP contribution in [0.15, 0.2) is 0 Å². The maximum Gasteiger partial charge on any atom is 2.00 e. The van der Waals surface area contributed by atoms with Crippen LogP contribution in [0.1, 0.15) is 9.78 Å². The summed E-state index contributed by atoms with van der Waals surface area (Å²) in [5.41, 5.74) is 0. The van der Waals surface area contributed by atoms with Crippen molar-refractivity contribution < 1.29 is 7.59 Å². The first-order chi connectivity index (χ1) is 2.27. The van der Waals surface area contributed by atoms with Crippen LogP contribution < -0.4 is 0 Å². The standard InChI is InChI=1S/C3H7IO.Mg.2H/c1-3(4)5-2;;;/h3H,1-2H3;;;/q;+2;2*-1. The monoisotopic (exact) mass is 212 g/mol. The van der Waals surface area contributed by atoms with Crippen molar-refractivity contribution in [1.82, 2.24) is 0 Å². The van der Waals surface area contributed by atoms with Crippen LogP contribution in [0.4, 0.5) is 0 Å². The van der Waals surface area contributed by atoms with Crippen LogP contribution in [-0.4, -0.2) is 34.3 Å². The van der Waals surface area contributed by atoms with Crippen LogP contribution in [0, 0.1) is 0 Å². The zero-order valence-corrected chi connectivity index (χ0v) is 7.64. The third-order valence-corrected chi connectivity index (χ3v) is 0.833. The van der Waals surface area contributed by atoms with Gasteiger partial charge in [0.05, 0.1) is 0 Å². The van der Waals surface area contributed by atoms with Crippen molar-refractivity contribution in [3.63, 3.8) is 0 Å². The van der Waals surface area contributed by atoms with Gasteiger partial charge < -0.3 is 7.59 Å². The van der Waals surface area contributed by atoms with Gasteiger partial charge in [-0.2, -0.15) is 0 Å². The van der Waals surface area contributed by atoms with Crippen LogP contribution in [0.5, 0.6) is 0 Å². The number of hydrogen-bond donors (Lipinski definition) is 0. The molecule has 0 aliphatic carbocycles. The number of methoxy groups -OCH3 is 1. The Hall–Kier alpha value is 1.46. The Morgan fingerprint density at radius 2 is 2.00 bits per heavy atom. The minimum Gasteiger partial charge on any atom is -1.00 e. The van der Waals surface area contributed by atoms with E-state index in [1.54, 1.807) is 7.11 Å². The Morgan fingerprint density at radius 1 is 1.83 bits per heavy atom. The summed E-state index contributed by atoms with van der Waals surface area (Å²) in [7, 11) is 1.69. The molecule has 6 heavy (non-hydrogen) atoms. The summed E-state index contributed by atoms with van der Waals surface area (Å²) in [5.74, 6) is 0. The summed E-state index contributed by atoms with van der Waals surface area (Å²) in [6, 6.07) is 0. The fourth-order valence-corrected chi connectivity index (χ4v) is 0. The van der Waals surface area contributed by atoms with E-state index < -0.39 is 0 Å². The molecule has 0 aromatic heterocycles. The van der Waals surface area contributed by atoms with Crippen molar-refractivity contribution in [2.75, 3.05) is 7.11 Å². The quantitative estimate of drug-likeness (QED) is 0.361. The molecule has 0 bridgehead atoms. The van der Waals surface area contributed by atoms with E-state index in [1.165, 1.54) is 0 Å². The van der Waals surface area contributed by atoms with E-state index in [4.69, 9.17) is 4.74 Å². The van der Waals surface area contributed by atoms with Crippen molar-refractivity contribution in [3.05, 3.63) is 0 Å². The van der Waals surface area contributed by atoms with Gasteiger partial charge in [0.1, 0.15) is 4.11 Å². The van der Waals surface area contributed by atoms with Gasteiger partial charge in [-0.25, -0.2) is 0 Å². The summed E-state index contributed by atoms with van der Waals surface area (Å²) in [5, 5.41) is 0. The molecule has 0 heterocycles. The zero-order valence-electron chi connectivity index (χ0n) is 6.07. The van der Waals surface area contributed by atoms with Gasteiger partial charge >= 0.3 is 23.1 Å². The first-order valence-electron chi connectivity index (χ1n) is 1.44. The predicted molar refractivity (Wildman–Crippen MR) is 38.5 cm³/mol. The van der Waals surface area contributed by atoms with Crippen molar-refractivity contribution in [3.8, 4) is 0 Å². The molecule has 0 N–H and O–H groups in total. The van der Waals surface area contributed by atoms with Crippen molar-refractivity contribution in [2.24, 2.45) is 0 Å². The fraction of sp³-hybridized carbons (Fsp3) is 1.00. The molecule has 0 aromatic carbocycles. The van der Waals surface area contributed by atoms with E-state index in [0.29, 0.717) is 4.11 Å². The van der Waals surface area contributed by atoms with Crippen LogP contribution >= 0.6 is 22.6 Å². The van der Waals surface area contributed by atoms with Crippen LogP contribution in [0.25, 0.3) is 0 Å². The van der Waals surface area contributed by atoms with Crippen LogP contribution in [0.3, 0.4) is 0 Å².